The first-order chi connectivity index (χ1) is 13.2. The quantitative estimate of drug-likeness (QED) is 0.643. The van der Waals surface area contributed by atoms with E-state index in [-0.39, 0.29) is 6.03 Å². The number of nitrogens with zero attached hydrogens (tertiary/aromatic N) is 4. The summed E-state index contributed by atoms with van der Waals surface area (Å²) in [6.07, 6.45) is 3.46. The number of thiazole rings is 1. The van der Waals surface area contributed by atoms with Gasteiger partial charge in [0, 0.05) is 29.9 Å². The lowest BCUT2D eigenvalue weighted by Crippen LogP contribution is -2.23. The van der Waals surface area contributed by atoms with E-state index < -0.39 is 0 Å². The number of urea groups is 1. The number of aromatic nitrogens is 3. The molecule has 0 aliphatic carbocycles. The molecule has 8 heteroatoms. The van der Waals surface area contributed by atoms with Crippen LogP contribution in [-0.2, 0) is 6.54 Å². The first-order valence-corrected chi connectivity index (χ1v) is 9.68. The van der Waals surface area contributed by atoms with Crippen LogP contribution in [0.2, 0.25) is 0 Å². The summed E-state index contributed by atoms with van der Waals surface area (Å²) in [6.45, 7) is 6.91. The molecule has 140 valence electrons. The highest BCUT2D eigenvalue weighted by Gasteiger charge is 2.09. The third-order valence-corrected chi connectivity index (χ3v) is 4.87. The molecule has 0 fully saturated rings. The van der Waals surface area contributed by atoms with Crippen molar-refractivity contribution >= 4 is 29.0 Å². The van der Waals surface area contributed by atoms with Gasteiger partial charge >= 0.3 is 6.03 Å². The van der Waals surface area contributed by atoms with Gasteiger partial charge in [-0.3, -0.25) is 20.5 Å². The van der Waals surface area contributed by atoms with Crippen LogP contribution in [0.15, 0.2) is 48.1 Å². The van der Waals surface area contributed by atoms with Gasteiger partial charge in [0.25, 0.3) is 0 Å². The minimum atomic E-state index is -0.370. The SMILES string of the molecule is CCN(CC)Cc1cccc(NC(=O)Nc2csc(-c3cccnc3)n2)n1. The van der Waals surface area contributed by atoms with Crippen molar-refractivity contribution in [2.24, 2.45) is 0 Å². The Morgan fingerprint density at radius 2 is 1.89 bits per heavy atom. The van der Waals surface area contributed by atoms with Crippen LogP contribution in [0.3, 0.4) is 0 Å². The molecule has 0 aromatic carbocycles. The van der Waals surface area contributed by atoms with E-state index in [2.05, 4.69) is 44.3 Å². The third-order valence-electron chi connectivity index (χ3n) is 3.98. The molecule has 0 saturated heterocycles. The number of amides is 2. The van der Waals surface area contributed by atoms with E-state index in [0.717, 1.165) is 35.9 Å². The van der Waals surface area contributed by atoms with Crippen molar-refractivity contribution in [3.63, 3.8) is 0 Å². The van der Waals surface area contributed by atoms with Gasteiger partial charge < -0.3 is 0 Å². The number of hydrogen-bond donors (Lipinski definition) is 2. The minimum Gasteiger partial charge on any atom is -0.298 e. The lowest BCUT2D eigenvalue weighted by Gasteiger charge is -2.17. The molecule has 2 amide bonds. The molecule has 3 heterocycles. The zero-order valence-electron chi connectivity index (χ0n) is 15.3. The van der Waals surface area contributed by atoms with Crippen LogP contribution in [0.5, 0.6) is 0 Å². The van der Waals surface area contributed by atoms with Gasteiger partial charge in [0.05, 0.1) is 5.69 Å². The first-order valence-electron chi connectivity index (χ1n) is 8.80. The number of carbonyl (C=O) groups excluding carboxylic acids is 1. The second-order valence-electron chi connectivity index (χ2n) is 5.83. The summed E-state index contributed by atoms with van der Waals surface area (Å²) >= 11 is 1.45. The van der Waals surface area contributed by atoms with Crippen LogP contribution in [0.25, 0.3) is 10.6 Å². The number of rotatable bonds is 7. The van der Waals surface area contributed by atoms with Crippen LogP contribution in [-0.4, -0.2) is 39.0 Å². The third kappa shape index (κ3) is 5.32. The number of pyridine rings is 2. The normalized spacial score (nSPS) is 10.8. The highest BCUT2D eigenvalue weighted by molar-refractivity contribution is 7.13. The maximum absolute atomic E-state index is 12.3. The maximum Gasteiger partial charge on any atom is 0.326 e. The monoisotopic (exact) mass is 382 g/mol. The first kappa shape index (κ1) is 18.9. The number of carbonyl (C=O) groups is 1. The molecule has 0 bridgehead atoms. The molecule has 3 aromatic heterocycles. The molecule has 0 unspecified atom stereocenters. The van der Waals surface area contributed by atoms with E-state index in [1.165, 1.54) is 11.3 Å². The topological polar surface area (TPSA) is 83.0 Å². The van der Waals surface area contributed by atoms with Gasteiger partial charge in [0.15, 0.2) is 0 Å². The lowest BCUT2D eigenvalue weighted by molar-refractivity contribution is 0.262. The molecule has 2 N–H and O–H groups in total. The van der Waals surface area contributed by atoms with Crippen LogP contribution in [0.4, 0.5) is 16.4 Å². The van der Waals surface area contributed by atoms with E-state index in [1.807, 2.05) is 24.3 Å². The zero-order chi connectivity index (χ0) is 19.1. The molecule has 0 aliphatic rings. The highest BCUT2D eigenvalue weighted by Crippen LogP contribution is 2.25. The van der Waals surface area contributed by atoms with Crippen molar-refractivity contribution in [2.45, 2.75) is 20.4 Å². The van der Waals surface area contributed by atoms with Gasteiger partial charge in [-0.05, 0) is 37.4 Å². The maximum atomic E-state index is 12.3. The Kier molecular flexibility index (Phi) is 6.45. The Balaban J connectivity index is 1.60. The predicted octanol–water partition coefficient (Wildman–Crippen LogP) is 4.09. The molecule has 0 aliphatic heterocycles. The average molecular weight is 382 g/mol. The van der Waals surface area contributed by atoms with Crippen LogP contribution < -0.4 is 10.6 Å². The summed E-state index contributed by atoms with van der Waals surface area (Å²) in [6, 6.07) is 9.04. The number of anilines is 2. The summed E-state index contributed by atoms with van der Waals surface area (Å²) in [4.78, 5) is 27.5. The lowest BCUT2D eigenvalue weighted by atomic mass is 10.3. The smallest absolute Gasteiger partial charge is 0.298 e. The Hall–Kier alpha value is -2.84. The highest BCUT2D eigenvalue weighted by atomic mass is 32.1. The summed E-state index contributed by atoms with van der Waals surface area (Å²) in [5, 5.41) is 8.10. The molecule has 0 atom stereocenters. The number of nitrogens with one attached hydrogen (secondary N) is 2. The molecule has 0 saturated carbocycles. The largest absolute Gasteiger partial charge is 0.326 e. The summed E-state index contributed by atoms with van der Waals surface area (Å²) in [5.74, 6) is 1.01. The van der Waals surface area contributed by atoms with Crippen LogP contribution >= 0.6 is 11.3 Å². The zero-order valence-corrected chi connectivity index (χ0v) is 16.2. The summed E-state index contributed by atoms with van der Waals surface area (Å²) in [5.41, 5.74) is 1.84. The van der Waals surface area contributed by atoms with E-state index in [1.54, 1.807) is 23.8 Å². The standard InChI is InChI=1S/C19H22N6OS/c1-3-25(4-2)12-15-8-5-9-16(21-15)23-19(26)24-17-13-27-18(22-17)14-7-6-10-20-11-14/h5-11,13H,3-4,12H2,1-2H3,(H2,21,23,24,26). The van der Waals surface area contributed by atoms with E-state index in [0.29, 0.717) is 11.6 Å². The number of hydrogen-bond acceptors (Lipinski definition) is 6. The molecular formula is C19H22N6OS. The molecule has 27 heavy (non-hydrogen) atoms. The Morgan fingerprint density at radius 3 is 2.63 bits per heavy atom. The van der Waals surface area contributed by atoms with Crippen molar-refractivity contribution in [3.8, 4) is 10.6 Å². The van der Waals surface area contributed by atoms with Crippen molar-refractivity contribution < 1.29 is 4.79 Å². The predicted molar refractivity (Wildman–Crippen MR) is 109 cm³/mol. The van der Waals surface area contributed by atoms with Gasteiger partial charge in [-0.25, -0.2) is 14.8 Å². The molecule has 7 nitrogen and oxygen atoms in total. The average Bonchev–Trinajstić information content (AvgIpc) is 3.15. The molecule has 3 rings (SSSR count). The van der Waals surface area contributed by atoms with Gasteiger partial charge in [0.1, 0.15) is 16.6 Å². The van der Waals surface area contributed by atoms with E-state index in [9.17, 15) is 4.79 Å². The summed E-state index contributed by atoms with van der Waals surface area (Å²) in [7, 11) is 0. The molecule has 0 radical (unpaired) electrons. The van der Waals surface area contributed by atoms with E-state index in [4.69, 9.17) is 0 Å². The Morgan fingerprint density at radius 1 is 1.07 bits per heavy atom. The molecular weight excluding hydrogens is 360 g/mol. The second-order valence-corrected chi connectivity index (χ2v) is 6.69. The van der Waals surface area contributed by atoms with Crippen molar-refractivity contribution in [1.29, 1.82) is 0 Å². The fraction of sp³-hybridized carbons (Fsp3) is 0.263. The van der Waals surface area contributed by atoms with Gasteiger partial charge in [-0.2, -0.15) is 0 Å². The molecule has 0 spiro atoms. The van der Waals surface area contributed by atoms with Crippen molar-refractivity contribution in [1.82, 2.24) is 19.9 Å². The van der Waals surface area contributed by atoms with Crippen molar-refractivity contribution in [2.75, 3.05) is 23.7 Å². The van der Waals surface area contributed by atoms with Crippen molar-refractivity contribution in [3.05, 3.63) is 53.8 Å². The van der Waals surface area contributed by atoms with Crippen LogP contribution in [0.1, 0.15) is 19.5 Å². The van der Waals surface area contributed by atoms with Gasteiger partial charge in [-0.1, -0.05) is 19.9 Å². The fourth-order valence-corrected chi connectivity index (χ4v) is 3.27. The fourth-order valence-electron chi connectivity index (χ4n) is 2.53. The Labute approximate surface area is 162 Å². The minimum absolute atomic E-state index is 0.370. The summed E-state index contributed by atoms with van der Waals surface area (Å²) < 4.78 is 0. The molecule has 3 aromatic rings. The van der Waals surface area contributed by atoms with Crippen LogP contribution in [0, 0.1) is 0 Å². The van der Waals surface area contributed by atoms with Gasteiger partial charge in [0.2, 0.25) is 0 Å². The van der Waals surface area contributed by atoms with Gasteiger partial charge in [-0.15, -0.1) is 11.3 Å². The second kappa shape index (κ2) is 9.20. The van der Waals surface area contributed by atoms with E-state index >= 15 is 0 Å². The Bertz CT molecular complexity index is 879.